The van der Waals surface area contributed by atoms with Crippen molar-refractivity contribution < 1.29 is 14.7 Å². The topological polar surface area (TPSA) is 72.9 Å². The molecule has 0 spiro atoms. The van der Waals surface area contributed by atoms with Crippen LogP contribution in [0.4, 0.5) is 10.5 Å². The van der Waals surface area contributed by atoms with Crippen LogP contribution in [0.25, 0.3) is 0 Å². The molecule has 0 bridgehead atoms. The number of urea groups is 1. The largest absolute Gasteiger partial charge is 0.478 e. The first kappa shape index (κ1) is 19.3. The molecule has 0 radical (unpaired) electrons. The molecule has 0 saturated carbocycles. The minimum absolute atomic E-state index is 0.137. The van der Waals surface area contributed by atoms with E-state index in [0.29, 0.717) is 42.8 Å². The van der Waals surface area contributed by atoms with Crippen molar-refractivity contribution in [2.75, 3.05) is 31.1 Å². The summed E-state index contributed by atoms with van der Waals surface area (Å²) < 4.78 is 0. The molecule has 6 nitrogen and oxygen atoms in total. The number of rotatable bonds is 4. The molecule has 8 heteroatoms. The van der Waals surface area contributed by atoms with Gasteiger partial charge in [0, 0.05) is 48.5 Å². The Bertz CT molecular complexity index is 835. The summed E-state index contributed by atoms with van der Waals surface area (Å²) in [6.07, 6.45) is 0. The molecule has 2 aromatic rings. The molecule has 142 valence electrons. The summed E-state index contributed by atoms with van der Waals surface area (Å²) in [5.74, 6) is -0.941. The van der Waals surface area contributed by atoms with Gasteiger partial charge in [0.1, 0.15) is 0 Å². The van der Waals surface area contributed by atoms with E-state index in [4.69, 9.17) is 28.3 Å². The Labute approximate surface area is 167 Å². The summed E-state index contributed by atoms with van der Waals surface area (Å²) in [6, 6.07) is 11.8. The average molecular weight is 408 g/mol. The van der Waals surface area contributed by atoms with Gasteiger partial charge in [-0.05, 0) is 42.0 Å². The zero-order valence-corrected chi connectivity index (χ0v) is 16.0. The van der Waals surface area contributed by atoms with Crippen molar-refractivity contribution in [3.05, 3.63) is 63.6 Å². The van der Waals surface area contributed by atoms with E-state index in [2.05, 4.69) is 10.2 Å². The molecule has 2 aromatic carbocycles. The van der Waals surface area contributed by atoms with Crippen molar-refractivity contribution in [1.29, 1.82) is 0 Å². The molecule has 1 saturated heterocycles. The summed E-state index contributed by atoms with van der Waals surface area (Å²) in [5.41, 5.74) is 2.03. The molecule has 2 amide bonds. The van der Waals surface area contributed by atoms with Crippen molar-refractivity contribution in [3.8, 4) is 0 Å². The third-order valence-electron chi connectivity index (χ3n) is 4.49. The van der Waals surface area contributed by atoms with Crippen LogP contribution in [0.3, 0.4) is 0 Å². The molecule has 1 fully saturated rings. The van der Waals surface area contributed by atoms with Gasteiger partial charge in [0.15, 0.2) is 0 Å². The van der Waals surface area contributed by atoms with Crippen LogP contribution in [0, 0.1) is 0 Å². The zero-order valence-electron chi connectivity index (χ0n) is 14.5. The second-order valence-electron chi connectivity index (χ2n) is 6.22. The van der Waals surface area contributed by atoms with Crippen LogP contribution >= 0.6 is 23.2 Å². The van der Waals surface area contributed by atoms with E-state index >= 15 is 0 Å². The average Bonchev–Trinajstić information content (AvgIpc) is 2.67. The fourth-order valence-corrected chi connectivity index (χ4v) is 3.41. The molecular formula is C19H19Cl2N3O3. The third-order valence-corrected chi connectivity index (χ3v) is 5.08. The van der Waals surface area contributed by atoms with E-state index < -0.39 is 5.97 Å². The zero-order chi connectivity index (χ0) is 19.4. The quantitative estimate of drug-likeness (QED) is 0.809. The maximum atomic E-state index is 12.4. The van der Waals surface area contributed by atoms with Gasteiger partial charge in [-0.25, -0.2) is 9.59 Å². The maximum absolute atomic E-state index is 12.4. The Balaban J connectivity index is 1.51. The molecule has 0 atom stereocenters. The molecule has 1 heterocycles. The van der Waals surface area contributed by atoms with Gasteiger partial charge in [-0.1, -0.05) is 29.3 Å². The Morgan fingerprint density at radius 1 is 1.00 bits per heavy atom. The number of amides is 2. The van der Waals surface area contributed by atoms with Gasteiger partial charge in [-0.3, -0.25) is 0 Å². The first-order valence-electron chi connectivity index (χ1n) is 8.49. The molecule has 3 rings (SSSR count). The van der Waals surface area contributed by atoms with E-state index in [1.807, 2.05) is 0 Å². The van der Waals surface area contributed by atoms with Gasteiger partial charge in [-0.15, -0.1) is 0 Å². The van der Waals surface area contributed by atoms with Gasteiger partial charge in [0.05, 0.1) is 5.56 Å². The van der Waals surface area contributed by atoms with Crippen molar-refractivity contribution in [1.82, 2.24) is 10.2 Å². The highest BCUT2D eigenvalue weighted by Crippen LogP contribution is 2.21. The van der Waals surface area contributed by atoms with Gasteiger partial charge < -0.3 is 20.2 Å². The smallest absolute Gasteiger partial charge is 0.335 e. The Morgan fingerprint density at radius 2 is 1.67 bits per heavy atom. The van der Waals surface area contributed by atoms with E-state index in [9.17, 15) is 9.59 Å². The standard InChI is InChI=1S/C19H19Cl2N3O3/c20-15-4-1-14(17(21)11-15)12-22-19(27)24-9-7-23(8-10-24)16-5-2-13(3-6-16)18(25)26/h1-6,11H,7-10,12H2,(H,22,27)(H,25,26). The second-order valence-corrected chi connectivity index (χ2v) is 7.06. The lowest BCUT2D eigenvalue weighted by Crippen LogP contribution is -2.51. The lowest BCUT2D eigenvalue weighted by atomic mass is 10.2. The van der Waals surface area contributed by atoms with Crippen molar-refractivity contribution >= 4 is 40.9 Å². The summed E-state index contributed by atoms with van der Waals surface area (Å²) in [6.45, 7) is 2.87. The number of carboxylic acid groups (broad SMARTS) is 1. The van der Waals surface area contributed by atoms with E-state index in [1.54, 1.807) is 47.4 Å². The minimum Gasteiger partial charge on any atom is -0.478 e. The van der Waals surface area contributed by atoms with Gasteiger partial charge in [0.2, 0.25) is 0 Å². The number of hydrogen-bond acceptors (Lipinski definition) is 3. The van der Waals surface area contributed by atoms with Crippen LogP contribution in [0.2, 0.25) is 10.0 Å². The highest BCUT2D eigenvalue weighted by Gasteiger charge is 2.21. The molecule has 0 aliphatic carbocycles. The van der Waals surface area contributed by atoms with Crippen LogP contribution in [0.1, 0.15) is 15.9 Å². The fourth-order valence-electron chi connectivity index (χ4n) is 2.93. The van der Waals surface area contributed by atoms with Crippen LogP contribution in [-0.4, -0.2) is 48.2 Å². The third kappa shape index (κ3) is 4.84. The number of nitrogens with one attached hydrogen (secondary N) is 1. The highest BCUT2D eigenvalue weighted by molar-refractivity contribution is 6.35. The van der Waals surface area contributed by atoms with E-state index in [-0.39, 0.29) is 11.6 Å². The molecule has 2 N–H and O–H groups in total. The lowest BCUT2D eigenvalue weighted by Gasteiger charge is -2.36. The fraction of sp³-hybridized carbons (Fsp3) is 0.263. The first-order valence-corrected chi connectivity index (χ1v) is 9.24. The molecule has 0 unspecified atom stereocenters. The summed E-state index contributed by atoms with van der Waals surface area (Å²) >= 11 is 12.0. The molecular weight excluding hydrogens is 389 g/mol. The summed E-state index contributed by atoms with van der Waals surface area (Å²) in [5, 5.41) is 12.9. The Morgan fingerprint density at radius 3 is 2.26 bits per heavy atom. The van der Waals surface area contributed by atoms with Crippen molar-refractivity contribution in [3.63, 3.8) is 0 Å². The van der Waals surface area contributed by atoms with E-state index in [0.717, 1.165) is 11.3 Å². The van der Waals surface area contributed by atoms with Crippen LogP contribution in [0.15, 0.2) is 42.5 Å². The number of piperazine rings is 1. The number of anilines is 1. The van der Waals surface area contributed by atoms with E-state index in [1.165, 1.54) is 0 Å². The predicted octanol–water partition coefficient (Wildman–Crippen LogP) is 3.72. The molecule has 0 aromatic heterocycles. The molecule has 1 aliphatic rings. The first-order chi connectivity index (χ1) is 12.9. The molecule has 1 aliphatic heterocycles. The number of carboxylic acids is 1. The predicted molar refractivity (Wildman–Crippen MR) is 106 cm³/mol. The number of halogens is 2. The maximum Gasteiger partial charge on any atom is 0.335 e. The van der Waals surface area contributed by atoms with Gasteiger partial charge in [0.25, 0.3) is 0 Å². The summed E-state index contributed by atoms with van der Waals surface area (Å²) in [4.78, 5) is 27.2. The SMILES string of the molecule is O=C(O)c1ccc(N2CCN(C(=O)NCc3ccc(Cl)cc3Cl)CC2)cc1. The minimum atomic E-state index is -0.941. The van der Waals surface area contributed by atoms with Gasteiger partial charge >= 0.3 is 12.0 Å². The number of carbonyl (C=O) groups is 2. The number of aromatic carboxylic acids is 1. The van der Waals surface area contributed by atoms with Gasteiger partial charge in [-0.2, -0.15) is 0 Å². The number of benzene rings is 2. The van der Waals surface area contributed by atoms with Crippen LogP contribution in [-0.2, 0) is 6.54 Å². The number of carbonyl (C=O) groups excluding carboxylic acids is 1. The summed E-state index contributed by atoms with van der Waals surface area (Å²) in [7, 11) is 0. The Hall–Kier alpha value is -2.44. The Kier molecular flexibility index (Phi) is 6.08. The monoisotopic (exact) mass is 407 g/mol. The van der Waals surface area contributed by atoms with Crippen LogP contribution in [0.5, 0.6) is 0 Å². The number of hydrogen-bond donors (Lipinski definition) is 2. The second kappa shape index (κ2) is 8.50. The normalized spacial score (nSPS) is 14.1. The lowest BCUT2D eigenvalue weighted by molar-refractivity contribution is 0.0697. The van der Waals surface area contributed by atoms with Crippen molar-refractivity contribution in [2.24, 2.45) is 0 Å². The van der Waals surface area contributed by atoms with Crippen molar-refractivity contribution in [2.45, 2.75) is 6.54 Å². The van der Waals surface area contributed by atoms with Crippen LogP contribution < -0.4 is 10.2 Å². The molecule has 27 heavy (non-hydrogen) atoms. The highest BCUT2D eigenvalue weighted by atomic mass is 35.5. The number of nitrogens with zero attached hydrogens (tertiary/aromatic N) is 2.